The zero-order valence-corrected chi connectivity index (χ0v) is 12.5. The Morgan fingerprint density at radius 2 is 1.87 bits per heavy atom. The summed E-state index contributed by atoms with van der Waals surface area (Å²) < 4.78 is 78.1. The van der Waals surface area contributed by atoms with E-state index in [9.17, 15) is 30.8 Å². The minimum absolute atomic E-state index is 0.0493. The average Bonchev–Trinajstić information content (AvgIpc) is 2.41. The zero-order valence-electron chi connectivity index (χ0n) is 11.7. The van der Waals surface area contributed by atoms with E-state index in [1.165, 1.54) is 0 Å². The number of halogens is 4. The molecule has 0 unspecified atom stereocenters. The van der Waals surface area contributed by atoms with Crippen molar-refractivity contribution in [3.05, 3.63) is 40.4 Å². The molecule has 0 atom stereocenters. The molecule has 0 radical (unpaired) electrons. The number of aryl methyl sites for hydroxylation is 1. The van der Waals surface area contributed by atoms with Crippen molar-refractivity contribution in [1.29, 1.82) is 0 Å². The second kappa shape index (κ2) is 5.84. The maximum Gasteiger partial charge on any atom is 0.534 e. The van der Waals surface area contributed by atoms with Crippen LogP contribution in [0.15, 0.2) is 29.1 Å². The van der Waals surface area contributed by atoms with Crippen LogP contribution in [0.1, 0.15) is 13.3 Å². The van der Waals surface area contributed by atoms with E-state index in [0.29, 0.717) is 12.5 Å². The third kappa shape index (κ3) is 3.31. The van der Waals surface area contributed by atoms with Crippen molar-refractivity contribution in [1.82, 2.24) is 4.57 Å². The lowest BCUT2D eigenvalue weighted by Crippen LogP contribution is -2.29. The van der Waals surface area contributed by atoms with Crippen molar-refractivity contribution < 1.29 is 30.2 Å². The SMILES string of the molecule is CCCn1c(=O)cc(OS(=O)(=O)C(F)(F)F)c2ccc(F)cc21. The van der Waals surface area contributed by atoms with Crippen molar-refractivity contribution in [3.8, 4) is 5.75 Å². The highest BCUT2D eigenvalue weighted by atomic mass is 32.2. The maximum absolute atomic E-state index is 13.4. The summed E-state index contributed by atoms with van der Waals surface area (Å²) in [5.74, 6) is -1.52. The van der Waals surface area contributed by atoms with Crippen LogP contribution in [0.3, 0.4) is 0 Å². The van der Waals surface area contributed by atoms with Gasteiger partial charge in [0.25, 0.3) is 5.56 Å². The van der Waals surface area contributed by atoms with Gasteiger partial charge in [-0.2, -0.15) is 21.6 Å². The fraction of sp³-hybridized carbons (Fsp3) is 0.308. The summed E-state index contributed by atoms with van der Waals surface area (Å²) in [6, 6.07) is 3.55. The second-order valence-electron chi connectivity index (χ2n) is 4.64. The van der Waals surface area contributed by atoms with Gasteiger partial charge in [0, 0.05) is 18.0 Å². The van der Waals surface area contributed by atoms with Gasteiger partial charge in [-0.3, -0.25) is 4.79 Å². The van der Waals surface area contributed by atoms with Crippen molar-refractivity contribution in [2.24, 2.45) is 0 Å². The molecule has 2 rings (SSSR count). The maximum atomic E-state index is 13.4. The molecule has 0 aliphatic heterocycles. The lowest BCUT2D eigenvalue weighted by Gasteiger charge is -2.14. The average molecular weight is 353 g/mol. The molecule has 1 heterocycles. The fourth-order valence-corrected chi connectivity index (χ4v) is 2.48. The Kier molecular flexibility index (Phi) is 4.38. The summed E-state index contributed by atoms with van der Waals surface area (Å²) in [4.78, 5) is 12.0. The van der Waals surface area contributed by atoms with Gasteiger partial charge in [0.1, 0.15) is 5.82 Å². The smallest absolute Gasteiger partial charge is 0.375 e. The predicted octanol–water partition coefficient (Wildman–Crippen LogP) is 2.78. The van der Waals surface area contributed by atoms with Crippen LogP contribution in [0.2, 0.25) is 0 Å². The van der Waals surface area contributed by atoms with E-state index in [1.54, 1.807) is 6.92 Å². The minimum Gasteiger partial charge on any atom is -0.375 e. The number of aromatic nitrogens is 1. The van der Waals surface area contributed by atoms with Gasteiger partial charge in [-0.05, 0) is 24.6 Å². The Balaban J connectivity index is 2.72. The predicted molar refractivity (Wildman–Crippen MR) is 74.1 cm³/mol. The van der Waals surface area contributed by atoms with Crippen LogP contribution in [-0.2, 0) is 16.7 Å². The lowest BCUT2D eigenvalue weighted by molar-refractivity contribution is -0.0499. The Bertz CT molecular complexity index is 903. The topological polar surface area (TPSA) is 65.4 Å². The Morgan fingerprint density at radius 3 is 2.43 bits per heavy atom. The number of fused-ring (bicyclic) bond motifs is 1. The molecule has 0 N–H and O–H groups in total. The molecular weight excluding hydrogens is 342 g/mol. The molecule has 0 saturated heterocycles. The van der Waals surface area contributed by atoms with Crippen LogP contribution in [0.4, 0.5) is 17.6 Å². The van der Waals surface area contributed by atoms with Crippen molar-refractivity contribution in [3.63, 3.8) is 0 Å². The number of pyridine rings is 1. The first-order valence-corrected chi connectivity index (χ1v) is 7.81. The summed E-state index contributed by atoms with van der Waals surface area (Å²) in [5.41, 5.74) is -6.48. The summed E-state index contributed by atoms with van der Waals surface area (Å²) in [6.45, 7) is 1.93. The quantitative estimate of drug-likeness (QED) is 0.482. The van der Waals surface area contributed by atoms with E-state index in [1.807, 2.05) is 0 Å². The van der Waals surface area contributed by atoms with Gasteiger partial charge in [-0.15, -0.1) is 0 Å². The number of hydrogen-bond acceptors (Lipinski definition) is 4. The van der Waals surface area contributed by atoms with E-state index in [4.69, 9.17) is 0 Å². The molecule has 1 aromatic carbocycles. The molecular formula is C13H11F4NO4S. The molecule has 23 heavy (non-hydrogen) atoms. The third-order valence-electron chi connectivity index (χ3n) is 2.97. The summed E-state index contributed by atoms with van der Waals surface area (Å²) in [5, 5.41) is -0.118. The molecule has 0 fully saturated rings. The molecule has 2 aromatic rings. The van der Waals surface area contributed by atoms with Crippen LogP contribution in [-0.4, -0.2) is 18.5 Å². The van der Waals surface area contributed by atoms with Crippen molar-refractivity contribution >= 4 is 21.0 Å². The van der Waals surface area contributed by atoms with Crippen LogP contribution >= 0.6 is 0 Å². The van der Waals surface area contributed by atoms with Crippen LogP contribution in [0.25, 0.3) is 10.9 Å². The van der Waals surface area contributed by atoms with Crippen molar-refractivity contribution in [2.75, 3.05) is 0 Å². The Labute approximate surface area is 128 Å². The molecule has 126 valence electrons. The van der Waals surface area contributed by atoms with E-state index < -0.39 is 32.8 Å². The molecule has 10 heteroatoms. The first-order chi connectivity index (χ1) is 10.6. The molecule has 0 aliphatic carbocycles. The fourth-order valence-electron chi connectivity index (χ4n) is 2.01. The number of rotatable bonds is 4. The van der Waals surface area contributed by atoms with Gasteiger partial charge in [0.2, 0.25) is 0 Å². The molecule has 1 aromatic heterocycles. The summed E-state index contributed by atoms with van der Waals surface area (Å²) >= 11 is 0. The largest absolute Gasteiger partial charge is 0.534 e. The second-order valence-corrected chi connectivity index (χ2v) is 6.18. The van der Waals surface area contributed by atoms with Crippen LogP contribution in [0.5, 0.6) is 5.75 Å². The van der Waals surface area contributed by atoms with Gasteiger partial charge in [-0.1, -0.05) is 6.92 Å². The molecule has 0 bridgehead atoms. The van der Waals surface area contributed by atoms with Crippen LogP contribution in [0, 0.1) is 5.82 Å². The standard InChI is InChI=1S/C13H11F4NO4S/c1-2-5-18-10-6-8(14)3-4-9(10)11(7-12(18)19)22-23(20,21)13(15,16)17/h3-4,6-7H,2,5H2,1H3. The van der Waals surface area contributed by atoms with E-state index in [0.717, 1.165) is 22.8 Å². The first kappa shape index (κ1) is 17.3. The van der Waals surface area contributed by atoms with E-state index in [-0.39, 0.29) is 17.4 Å². The zero-order chi connectivity index (χ0) is 17.4. The van der Waals surface area contributed by atoms with Gasteiger partial charge in [0.15, 0.2) is 5.75 Å². The highest BCUT2D eigenvalue weighted by Gasteiger charge is 2.48. The Hall–Kier alpha value is -2.10. The van der Waals surface area contributed by atoms with Gasteiger partial charge < -0.3 is 8.75 Å². The minimum atomic E-state index is -5.94. The number of alkyl halides is 3. The van der Waals surface area contributed by atoms with Crippen molar-refractivity contribution in [2.45, 2.75) is 25.4 Å². The third-order valence-corrected chi connectivity index (χ3v) is 3.93. The molecule has 5 nitrogen and oxygen atoms in total. The first-order valence-electron chi connectivity index (χ1n) is 6.40. The highest BCUT2D eigenvalue weighted by Crippen LogP contribution is 2.31. The molecule has 0 saturated carbocycles. The molecule has 0 aliphatic rings. The van der Waals surface area contributed by atoms with Gasteiger partial charge >= 0.3 is 15.6 Å². The van der Waals surface area contributed by atoms with E-state index >= 15 is 0 Å². The Morgan fingerprint density at radius 1 is 1.22 bits per heavy atom. The number of benzene rings is 1. The molecule has 0 spiro atoms. The van der Waals surface area contributed by atoms with Crippen LogP contribution < -0.4 is 9.74 Å². The molecule has 0 amide bonds. The number of hydrogen-bond donors (Lipinski definition) is 0. The normalized spacial score (nSPS) is 12.6. The summed E-state index contributed by atoms with van der Waals surface area (Å²) in [7, 11) is -5.94. The monoisotopic (exact) mass is 353 g/mol. The summed E-state index contributed by atoms with van der Waals surface area (Å²) in [6.07, 6.45) is 0.507. The number of nitrogens with zero attached hydrogens (tertiary/aromatic N) is 1. The van der Waals surface area contributed by atoms with Gasteiger partial charge in [0.05, 0.1) is 5.52 Å². The lowest BCUT2D eigenvalue weighted by atomic mass is 10.2. The van der Waals surface area contributed by atoms with Gasteiger partial charge in [-0.25, -0.2) is 4.39 Å². The van der Waals surface area contributed by atoms with E-state index in [2.05, 4.69) is 4.18 Å². The highest BCUT2D eigenvalue weighted by molar-refractivity contribution is 7.88.